The molecule has 19 heavy (non-hydrogen) atoms. The summed E-state index contributed by atoms with van der Waals surface area (Å²) in [5.41, 5.74) is 1.04. The number of aromatic amines is 1. The number of thioether (sulfide) groups is 1. The van der Waals surface area contributed by atoms with Gasteiger partial charge in [-0.05, 0) is 29.9 Å². The molecule has 0 saturated carbocycles. The van der Waals surface area contributed by atoms with Gasteiger partial charge in [-0.25, -0.2) is 13.1 Å². The van der Waals surface area contributed by atoms with Crippen LogP contribution < -0.4 is 4.72 Å². The maximum absolute atomic E-state index is 12.2. The standard InChI is InChI=1S/C12H13N3O2S2/c16-19(17,12-5-7-13-14-12)15-10-6-8-18-11-4-2-1-3-9(10)11/h1-5,7,10,15H,6,8H2,(H,13,14). The highest BCUT2D eigenvalue weighted by Crippen LogP contribution is 2.36. The molecule has 2 aromatic rings. The van der Waals surface area contributed by atoms with Crippen LogP contribution in [0.2, 0.25) is 0 Å². The van der Waals surface area contributed by atoms with Crippen LogP contribution >= 0.6 is 11.8 Å². The van der Waals surface area contributed by atoms with Crippen molar-refractivity contribution in [1.29, 1.82) is 0 Å². The molecule has 5 nitrogen and oxygen atoms in total. The van der Waals surface area contributed by atoms with E-state index in [9.17, 15) is 8.42 Å². The average molecular weight is 295 g/mol. The van der Waals surface area contributed by atoms with Crippen molar-refractivity contribution in [2.45, 2.75) is 22.4 Å². The largest absolute Gasteiger partial charge is 0.266 e. The Morgan fingerprint density at radius 2 is 2.16 bits per heavy atom. The third-order valence-electron chi connectivity index (χ3n) is 3.02. The van der Waals surface area contributed by atoms with E-state index in [4.69, 9.17) is 0 Å². The van der Waals surface area contributed by atoms with Gasteiger partial charge >= 0.3 is 0 Å². The number of hydrogen-bond acceptors (Lipinski definition) is 4. The van der Waals surface area contributed by atoms with Gasteiger partial charge in [0, 0.05) is 10.9 Å². The van der Waals surface area contributed by atoms with Crippen molar-refractivity contribution in [3.8, 4) is 0 Å². The molecule has 2 heterocycles. The van der Waals surface area contributed by atoms with Crippen molar-refractivity contribution in [3.63, 3.8) is 0 Å². The van der Waals surface area contributed by atoms with Crippen molar-refractivity contribution in [1.82, 2.24) is 14.9 Å². The molecule has 0 spiro atoms. The zero-order valence-corrected chi connectivity index (χ0v) is 11.7. The van der Waals surface area contributed by atoms with Crippen LogP contribution in [0.3, 0.4) is 0 Å². The molecule has 1 atom stereocenters. The molecule has 0 bridgehead atoms. The molecule has 7 heteroatoms. The second-order valence-electron chi connectivity index (χ2n) is 4.27. The maximum Gasteiger partial charge on any atom is 0.258 e. The Morgan fingerprint density at radius 1 is 1.32 bits per heavy atom. The molecule has 0 aliphatic carbocycles. The minimum absolute atomic E-state index is 0.100. The van der Waals surface area contributed by atoms with E-state index in [1.54, 1.807) is 11.8 Å². The molecule has 1 aliphatic heterocycles. The van der Waals surface area contributed by atoms with E-state index in [0.29, 0.717) is 0 Å². The number of fused-ring (bicyclic) bond motifs is 1. The van der Waals surface area contributed by atoms with E-state index < -0.39 is 10.0 Å². The highest BCUT2D eigenvalue weighted by Gasteiger charge is 2.26. The monoisotopic (exact) mass is 295 g/mol. The van der Waals surface area contributed by atoms with Crippen LogP contribution in [0, 0.1) is 0 Å². The lowest BCUT2D eigenvalue weighted by atomic mass is 10.1. The number of aromatic nitrogens is 2. The van der Waals surface area contributed by atoms with Gasteiger partial charge in [0.2, 0.25) is 0 Å². The normalized spacial score (nSPS) is 19.1. The molecule has 2 N–H and O–H groups in total. The van der Waals surface area contributed by atoms with Gasteiger partial charge < -0.3 is 0 Å². The van der Waals surface area contributed by atoms with Gasteiger partial charge in [0.25, 0.3) is 10.0 Å². The third-order valence-corrected chi connectivity index (χ3v) is 5.54. The number of nitrogens with one attached hydrogen (secondary N) is 2. The molecule has 0 amide bonds. The summed E-state index contributed by atoms with van der Waals surface area (Å²) in [4.78, 5) is 1.14. The first-order chi connectivity index (χ1) is 9.17. The highest BCUT2D eigenvalue weighted by molar-refractivity contribution is 7.99. The summed E-state index contributed by atoms with van der Waals surface area (Å²) in [6.45, 7) is 0. The Kier molecular flexibility index (Phi) is 3.34. The van der Waals surface area contributed by atoms with Crippen LogP contribution in [0.4, 0.5) is 0 Å². The van der Waals surface area contributed by atoms with Gasteiger partial charge in [-0.3, -0.25) is 5.10 Å². The summed E-state index contributed by atoms with van der Waals surface area (Å²) in [6.07, 6.45) is 2.22. The Hall–Kier alpha value is -1.31. The molecule has 1 aromatic heterocycles. The van der Waals surface area contributed by atoms with Crippen molar-refractivity contribution in [3.05, 3.63) is 42.1 Å². The predicted molar refractivity (Wildman–Crippen MR) is 73.4 cm³/mol. The van der Waals surface area contributed by atoms with Crippen molar-refractivity contribution in [2.75, 3.05) is 5.75 Å². The second kappa shape index (κ2) is 4.99. The lowest BCUT2D eigenvalue weighted by Gasteiger charge is -2.25. The molecular weight excluding hydrogens is 282 g/mol. The molecule has 100 valence electrons. The highest BCUT2D eigenvalue weighted by atomic mass is 32.2. The summed E-state index contributed by atoms with van der Waals surface area (Å²) in [6, 6.07) is 9.18. The van der Waals surface area contributed by atoms with E-state index in [1.165, 1.54) is 12.3 Å². The Morgan fingerprint density at radius 3 is 2.95 bits per heavy atom. The van der Waals surface area contributed by atoms with Gasteiger partial charge in [-0.15, -0.1) is 11.8 Å². The van der Waals surface area contributed by atoms with Crippen LogP contribution in [0.5, 0.6) is 0 Å². The average Bonchev–Trinajstić information content (AvgIpc) is 2.93. The number of benzene rings is 1. The topological polar surface area (TPSA) is 74.8 Å². The van der Waals surface area contributed by atoms with Gasteiger partial charge in [0.1, 0.15) is 0 Å². The minimum atomic E-state index is -3.54. The first-order valence-electron chi connectivity index (χ1n) is 5.90. The van der Waals surface area contributed by atoms with Crippen LogP contribution in [0.15, 0.2) is 46.5 Å². The fourth-order valence-corrected chi connectivity index (χ4v) is 4.39. The minimum Gasteiger partial charge on any atom is -0.266 e. The fraction of sp³-hybridized carbons (Fsp3) is 0.250. The van der Waals surface area contributed by atoms with Crippen molar-refractivity contribution < 1.29 is 8.42 Å². The summed E-state index contributed by atoms with van der Waals surface area (Å²) < 4.78 is 27.1. The first kappa shape index (κ1) is 12.7. The molecule has 1 aromatic carbocycles. The molecular formula is C12H13N3O2S2. The SMILES string of the molecule is O=S(=O)(NC1CCSc2ccccc21)c1ccn[nH]1. The van der Waals surface area contributed by atoms with Crippen molar-refractivity contribution in [2.24, 2.45) is 0 Å². The van der Waals surface area contributed by atoms with E-state index >= 15 is 0 Å². The lowest BCUT2D eigenvalue weighted by molar-refractivity contribution is 0.542. The van der Waals surface area contributed by atoms with Gasteiger partial charge in [-0.2, -0.15) is 5.10 Å². The summed E-state index contributed by atoms with van der Waals surface area (Å²) in [7, 11) is -3.54. The Bertz CT molecular complexity index is 668. The second-order valence-corrected chi connectivity index (χ2v) is 7.09. The first-order valence-corrected chi connectivity index (χ1v) is 8.37. The van der Waals surface area contributed by atoms with E-state index in [2.05, 4.69) is 14.9 Å². The summed E-state index contributed by atoms with van der Waals surface area (Å²) in [5.74, 6) is 0.910. The number of H-pyrrole nitrogens is 1. The molecule has 0 saturated heterocycles. The van der Waals surface area contributed by atoms with Crippen LogP contribution in [-0.2, 0) is 10.0 Å². The Labute approximate surface area is 115 Å². The van der Waals surface area contributed by atoms with Gasteiger partial charge in [-0.1, -0.05) is 18.2 Å². The Balaban J connectivity index is 1.90. The van der Waals surface area contributed by atoms with E-state index in [-0.39, 0.29) is 11.1 Å². The molecule has 1 unspecified atom stereocenters. The fourth-order valence-electron chi connectivity index (χ4n) is 2.11. The van der Waals surface area contributed by atoms with Gasteiger partial charge in [0.05, 0.1) is 6.20 Å². The predicted octanol–water partition coefficient (Wildman–Crippen LogP) is 1.93. The zero-order valence-electron chi connectivity index (χ0n) is 10.0. The van der Waals surface area contributed by atoms with Crippen LogP contribution in [0.1, 0.15) is 18.0 Å². The smallest absolute Gasteiger partial charge is 0.258 e. The molecule has 0 fully saturated rings. The number of rotatable bonds is 3. The number of nitrogens with zero attached hydrogens (tertiary/aromatic N) is 1. The molecule has 3 rings (SSSR count). The molecule has 1 aliphatic rings. The quantitative estimate of drug-likeness (QED) is 0.907. The van der Waals surface area contributed by atoms with Crippen LogP contribution in [-0.4, -0.2) is 24.4 Å². The third kappa shape index (κ3) is 2.54. The number of hydrogen-bond donors (Lipinski definition) is 2. The van der Waals surface area contributed by atoms with E-state index in [0.717, 1.165) is 22.6 Å². The summed E-state index contributed by atoms with van der Waals surface area (Å²) >= 11 is 1.76. The van der Waals surface area contributed by atoms with Crippen LogP contribution in [0.25, 0.3) is 0 Å². The zero-order chi connectivity index (χ0) is 13.3. The molecule has 0 radical (unpaired) electrons. The number of sulfonamides is 1. The lowest BCUT2D eigenvalue weighted by Crippen LogP contribution is -2.31. The van der Waals surface area contributed by atoms with Gasteiger partial charge in [0.15, 0.2) is 5.03 Å². The maximum atomic E-state index is 12.2. The summed E-state index contributed by atoms with van der Waals surface area (Å²) in [5, 5.41) is 6.26. The van der Waals surface area contributed by atoms with E-state index in [1.807, 2.05) is 24.3 Å². The van der Waals surface area contributed by atoms with Crippen molar-refractivity contribution >= 4 is 21.8 Å².